The second-order valence-electron chi connectivity index (χ2n) is 6.77. The molecule has 1 N–H and O–H groups in total. The minimum Gasteiger partial charge on any atom is -0.497 e. The molecule has 2 aromatic heterocycles. The lowest BCUT2D eigenvalue weighted by Gasteiger charge is -2.07. The van der Waals surface area contributed by atoms with Crippen molar-refractivity contribution >= 4 is 33.7 Å². The molecule has 0 bridgehead atoms. The van der Waals surface area contributed by atoms with E-state index in [1.165, 1.54) is 28.4 Å². The first kappa shape index (κ1) is 21.3. The van der Waals surface area contributed by atoms with Crippen molar-refractivity contribution < 1.29 is 14.3 Å². The second kappa shape index (κ2) is 9.44. The van der Waals surface area contributed by atoms with Crippen molar-refractivity contribution in [3.63, 3.8) is 0 Å². The molecule has 1 amide bonds. The summed E-state index contributed by atoms with van der Waals surface area (Å²) < 4.78 is 11.8. The van der Waals surface area contributed by atoms with Gasteiger partial charge in [-0.05, 0) is 23.8 Å². The van der Waals surface area contributed by atoms with Crippen LogP contribution in [0.25, 0.3) is 21.3 Å². The van der Waals surface area contributed by atoms with Crippen LogP contribution in [0.4, 0.5) is 0 Å². The average Bonchev–Trinajstić information content (AvgIpc) is 3.26. The van der Waals surface area contributed by atoms with E-state index in [0.29, 0.717) is 27.3 Å². The summed E-state index contributed by atoms with van der Waals surface area (Å²) in [5, 5.41) is 6.38. The lowest BCUT2D eigenvalue weighted by atomic mass is 10.1. The summed E-state index contributed by atoms with van der Waals surface area (Å²) in [6.07, 6.45) is 2.83. The number of nitrogens with zero attached hydrogens (tertiary/aromatic N) is 3. The summed E-state index contributed by atoms with van der Waals surface area (Å²) in [5.74, 6) is 0.762. The van der Waals surface area contributed by atoms with Crippen LogP contribution in [0.2, 0.25) is 0 Å². The molecule has 0 saturated heterocycles. The zero-order chi connectivity index (χ0) is 22.5. The van der Waals surface area contributed by atoms with E-state index in [-0.39, 0.29) is 12.1 Å². The first-order valence-corrected chi connectivity index (χ1v) is 10.5. The van der Waals surface area contributed by atoms with Gasteiger partial charge in [-0.1, -0.05) is 30.3 Å². The summed E-state index contributed by atoms with van der Waals surface area (Å²) in [6.45, 7) is -0.210. The Labute approximate surface area is 187 Å². The highest BCUT2D eigenvalue weighted by molar-refractivity contribution is 7.17. The summed E-state index contributed by atoms with van der Waals surface area (Å²) in [4.78, 5) is 30.4. The number of carbonyl (C=O) groups excluding carboxylic acids is 1. The van der Waals surface area contributed by atoms with E-state index in [1.54, 1.807) is 32.4 Å². The van der Waals surface area contributed by atoms with Gasteiger partial charge in [0.1, 0.15) is 22.9 Å². The normalized spacial score (nSPS) is 11.1. The first-order valence-electron chi connectivity index (χ1n) is 9.66. The molecule has 0 aliphatic carbocycles. The topological polar surface area (TPSA) is 94.8 Å². The van der Waals surface area contributed by atoms with E-state index < -0.39 is 5.91 Å². The zero-order valence-corrected chi connectivity index (χ0v) is 18.3. The van der Waals surface area contributed by atoms with Crippen molar-refractivity contribution in [3.8, 4) is 22.6 Å². The number of thiophene rings is 1. The molecule has 0 saturated carbocycles. The van der Waals surface area contributed by atoms with Crippen molar-refractivity contribution in [1.82, 2.24) is 15.0 Å². The Hall–Kier alpha value is -3.98. The van der Waals surface area contributed by atoms with Gasteiger partial charge in [0.15, 0.2) is 0 Å². The van der Waals surface area contributed by atoms with Crippen LogP contribution in [0.5, 0.6) is 11.5 Å². The highest BCUT2D eigenvalue weighted by Gasteiger charge is 2.14. The van der Waals surface area contributed by atoms with Crippen LogP contribution >= 0.6 is 11.3 Å². The fraction of sp³-hybridized carbons (Fsp3) is 0.130. The molecular weight excluding hydrogens is 428 g/mol. The lowest BCUT2D eigenvalue weighted by molar-refractivity contribution is -0.121. The summed E-state index contributed by atoms with van der Waals surface area (Å²) in [5.41, 5.74) is 4.53. The third-order valence-electron chi connectivity index (χ3n) is 4.79. The molecule has 0 radical (unpaired) electrons. The number of carbonyl (C=O) groups is 1. The molecule has 162 valence electrons. The quantitative estimate of drug-likeness (QED) is 0.346. The Balaban J connectivity index is 1.53. The highest BCUT2D eigenvalue weighted by Crippen LogP contribution is 2.30. The SMILES string of the molecule is COc1ccc(OC)c(/C=N\NC(=O)Cn2cnc3scc(-c4ccccc4)c3c2=O)c1. The second-order valence-corrected chi connectivity index (χ2v) is 7.63. The van der Waals surface area contributed by atoms with Gasteiger partial charge >= 0.3 is 0 Å². The van der Waals surface area contributed by atoms with Gasteiger partial charge in [0, 0.05) is 16.5 Å². The number of hydrogen-bond acceptors (Lipinski definition) is 7. The monoisotopic (exact) mass is 448 g/mol. The highest BCUT2D eigenvalue weighted by atomic mass is 32.1. The van der Waals surface area contributed by atoms with Crippen LogP contribution in [-0.2, 0) is 11.3 Å². The molecule has 9 heteroatoms. The van der Waals surface area contributed by atoms with Gasteiger partial charge in [-0.25, -0.2) is 10.4 Å². The lowest BCUT2D eigenvalue weighted by Crippen LogP contribution is -2.30. The van der Waals surface area contributed by atoms with Crippen molar-refractivity contribution in [1.29, 1.82) is 0 Å². The van der Waals surface area contributed by atoms with E-state index in [0.717, 1.165) is 11.1 Å². The molecule has 0 spiro atoms. The predicted octanol–water partition coefficient (Wildman–Crippen LogP) is 3.29. The number of amides is 1. The van der Waals surface area contributed by atoms with Gasteiger partial charge in [-0.15, -0.1) is 11.3 Å². The van der Waals surface area contributed by atoms with Gasteiger partial charge in [0.25, 0.3) is 11.5 Å². The molecular formula is C23H20N4O4S. The Morgan fingerprint density at radius 1 is 1.19 bits per heavy atom. The van der Waals surface area contributed by atoms with Crippen LogP contribution in [0.3, 0.4) is 0 Å². The number of ether oxygens (including phenoxy) is 2. The van der Waals surface area contributed by atoms with Gasteiger partial charge in [0.2, 0.25) is 0 Å². The Bertz CT molecular complexity index is 1350. The number of benzene rings is 2. The summed E-state index contributed by atoms with van der Waals surface area (Å²) >= 11 is 1.40. The van der Waals surface area contributed by atoms with Crippen molar-refractivity contribution in [3.05, 3.63) is 76.2 Å². The average molecular weight is 449 g/mol. The van der Waals surface area contributed by atoms with Gasteiger partial charge in [0.05, 0.1) is 32.1 Å². The van der Waals surface area contributed by atoms with Crippen LogP contribution in [0.1, 0.15) is 5.56 Å². The van der Waals surface area contributed by atoms with E-state index >= 15 is 0 Å². The third kappa shape index (κ3) is 4.37. The van der Waals surface area contributed by atoms with Crippen LogP contribution in [0, 0.1) is 0 Å². The predicted molar refractivity (Wildman–Crippen MR) is 125 cm³/mol. The molecule has 4 rings (SSSR count). The molecule has 2 aromatic carbocycles. The van der Waals surface area contributed by atoms with Gasteiger partial charge < -0.3 is 9.47 Å². The minimum absolute atomic E-state index is 0.210. The molecule has 4 aromatic rings. The zero-order valence-electron chi connectivity index (χ0n) is 17.4. The molecule has 8 nitrogen and oxygen atoms in total. The number of hydrogen-bond donors (Lipinski definition) is 1. The van der Waals surface area contributed by atoms with Crippen LogP contribution < -0.4 is 20.5 Å². The Morgan fingerprint density at radius 3 is 2.75 bits per heavy atom. The number of hydrazone groups is 1. The van der Waals surface area contributed by atoms with E-state index in [2.05, 4.69) is 15.5 Å². The maximum absolute atomic E-state index is 13.0. The van der Waals surface area contributed by atoms with E-state index in [1.807, 2.05) is 35.7 Å². The third-order valence-corrected chi connectivity index (χ3v) is 5.68. The number of nitrogens with one attached hydrogen (secondary N) is 1. The Morgan fingerprint density at radius 2 is 2.00 bits per heavy atom. The van der Waals surface area contributed by atoms with Gasteiger partial charge in [-0.3, -0.25) is 14.2 Å². The Kier molecular flexibility index (Phi) is 6.27. The molecule has 0 atom stereocenters. The van der Waals surface area contributed by atoms with Crippen molar-refractivity contribution in [2.45, 2.75) is 6.54 Å². The standard InChI is InChI=1S/C23H20N4O4S/c1-30-17-8-9-19(31-2)16(10-17)11-25-26-20(28)12-27-14-24-22-21(23(27)29)18(13-32-22)15-6-4-3-5-7-15/h3-11,13-14H,12H2,1-2H3,(H,26,28)/b25-11-. The van der Waals surface area contributed by atoms with Crippen LogP contribution in [-0.4, -0.2) is 35.9 Å². The smallest absolute Gasteiger partial charge is 0.263 e. The van der Waals surface area contributed by atoms with Crippen molar-refractivity contribution in [2.75, 3.05) is 14.2 Å². The van der Waals surface area contributed by atoms with E-state index in [9.17, 15) is 9.59 Å². The minimum atomic E-state index is -0.456. The maximum atomic E-state index is 13.0. The van der Waals surface area contributed by atoms with Crippen LogP contribution in [0.15, 0.2) is 70.1 Å². The summed E-state index contributed by atoms with van der Waals surface area (Å²) in [6, 6.07) is 14.9. The van der Waals surface area contributed by atoms with Gasteiger partial charge in [-0.2, -0.15) is 5.10 Å². The largest absolute Gasteiger partial charge is 0.497 e. The summed E-state index contributed by atoms with van der Waals surface area (Å²) in [7, 11) is 3.10. The number of aromatic nitrogens is 2. The fourth-order valence-corrected chi connectivity index (χ4v) is 4.12. The first-order chi connectivity index (χ1) is 15.6. The molecule has 0 aliphatic heterocycles. The number of fused-ring (bicyclic) bond motifs is 1. The number of rotatable bonds is 7. The van der Waals surface area contributed by atoms with E-state index in [4.69, 9.17) is 9.47 Å². The molecule has 2 heterocycles. The number of methoxy groups -OCH3 is 2. The fourth-order valence-electron chi connectivity index (χ4n) is 3.21. The molecule has 0 aliphatic rings. The molecule has 0 unspecified atom stereocenters. The molecule has 0 fully saturated rings. The maximum Gasteiger partial charge on any atom is 0.263 e. The molecule has 32 heavy (non-hydrogen) atoms. The van der Waals surface area contributed by atoms with Crippen molar-refractivity contribution in [2.24, 2.45) is 5.10 Å².